The summed E-state index contributed by atoms with van der Waals surface area (Å²) in [6.45, 7) is 0. The predicted octanol–water partition coefficient (Wildman–Crippen LogP) is 17.4. The summed E-state index contributed by atoms with van der Waals surface area (Å²) in [5.41, 5.74) is 13.8. The third kappa shape index (κ3) is 5.67. The topological polar surface area (TPSA) is 29.5 Å². The van der Waals surface area contributed by atoms with Crippen LogP contribution in [-0.2, 0) is 0 Å². The smallest absolute Gasteiger partial charge is 0.143 e. The molecule has 0 atom stereocenters. The lowest BCUT2D eigenvalue weighted by Crippen LogP contribution is -2.10. The minimum Gasteiger partial charge on any atom is -0.455 e. The van der Waals surface area contributed by atoms with E-state index in [9.17, 15) is 0 Å². The van der Waals surface area contributed by atoms with Gasteiger partial charge in [0.25, 0.3) is 0 Å². The Morgan fingerprint density at radius 2 is 0.714 bits per heavy atom. The molecule has 0 N–H and O–H groups in total. The lowest BCUT2D eigenvalue weighted by molar-refractivity contribution is 0.672. The minimum atomic E-state index is 0.891. The molecule has 3 nitrogen and oxygen atoms in total. The molecule has 3 heteroatoms. The third-order valence-electron chi connectivity index (χ3n) is 12.9. The summed E-state index contributed by atoms with van der Waals surface area (Å²) in [4.78, 5) is 2.36. The SMILES string of the molecule is c1cc(-c2cccc3ccccc23)cc(N(c2ccc(-c3cccc4oc5c6ccccc6ccc5c34)cc2)c2ccc(-c3cccc4oc5c6ccccc6ccc5c34)cc2)c1. The van der Waals surface area contributed by atoms with Crippen molar-refractivity contribution in [2.45, 2.75) is 0 Å². The molecule has 0 aliphatic heterocycles. The van der Waals surface area contributed by atoms with Gasteiger partial charge in [-0.25, -0.2) is 0 Å². The predicted molar refractivity (Wildman–Crippen MR) is 265 cm³/mol. The molecule has 0 bridgehead atoms. The van der Waals surface area contributed by atoms with E-state index < -0.39 is 0 Å². The summed E-state index contributed by atoms with van der Waals surface area (Å²) >= 11 is 0. The van der Waals surface area contributed by atoms with Crippen molar-refractivity contribution >= 4 is 93.3 Å². The molecule has 0 radical (unpaired) electrons. The van der Waals surface area contributed by atoms with E-state index in [-0.39, 0.29) is 0 Å². The molecule has 63 heavy (non-hydrogen) atoms. The highest BCUT2D eigenvalue weighted by atomic mass is 16.3. The average molecular weight is 804 g/mol. The van der Waals surface area contributed by atoms with Gasteiger partial charge in [-0.15, -0.1) is 0 Å². The second-order valence-electron chi connectivity index (χ2n) is 16.4. The maximum Gasteiger partial charge on any atom is 0.143 e. The number of rotatable bonds is 6. The fourth-order valence-electron chi connectivity index (χ4n) is 9.91. The molecule has 0 saturated heterocycles. The Bertz CT molecular complexity index is 3710. The zero-order valence-electron chi connectivity index (χ0n) is 34.1. The second-order valence-corrected chi connectivity index (χ2v) is 16.4. The maximum absolute atomic E-state index is 6.57. The van der Waals surface area contributed by atoms with Gasteiger partial charge in [0.2, 0.25) is 0 Å². The highest BCUT2D eigenvalue weighted by Gasteiger charge is 2.19. The Kier molecular flexibility index (Phi) is 7.91. The van der Waals surface area contributed by atoms with E-state index in [1.165, 1.54) is 32.7 Å². The minimum absolute atomic E-state index is 0.891. The number of furan rings is 2. The van der Waals surface area contributed by atoms with Crippen molar-refractivity contribution in [1.82, 2.24) is 0 Å². The summed E-state index contributed by atoms with van der Waals surface area (Å²) < 4.78 is 13.1. The van der Waals surface area contributed by atoms with Gasteiger partial charge in [0.1, 0.15) is 22.3 Å². The zero-order chi connectivity index (χ0) is 41.4. The van der Waals surface area contributed by atoms with Crippen LogP contribution in [0, 0.1) is 0 Å². The standard InChI is InChI=1S/C60H37NO2/c1-4-17-47-38(11-1)14-8-20-48(47)43-15-7-16-46(37-43)61(44-31-25-41(26-32-44)49-21-9-23-55-57(49)53-35-29-39-12-2-5-18-51(39)59(53)62-55)45-33-27-42(28-34-45)50-22-10-24-56-58(50)54-36-30-40-13-3-6-19-52(40)60(54)63-56/h1-37H. The van der Waals surface area contributed by atoms with Crippen LogP contribution in [0.5, 0.6) is 0 Å². The molecule has 11 aromatic carbocycles. The van der Waals surface area contributed by atoms with E-state index in [4.69, 9.17) is 8.83 Å². The van der Waals surface area contributed by atoms with E-state index in [0.29, 0.717) is 0 Å². The number of benzene rings is 11. The van der Waals surface area contributed by atoms with Crippen molar-refractivity contribution in [2.24, 2.45) is 0 Å². The van der Waals surface area contributed by atoms with Crippen LogP contribution < -0.4 is 4.90 Å². The third-order valence-corrected chi connectivity index (χ3v) is 12.9. The number of nitrogens with zero attached hydrogens (tertiary/aromatic N) is 1. The van der Waals surface area contributed by atoms with Crippen LogP contribution in [0.2, 0.25) is 0 Å². The van der Waals surface area contributed by atoms with Crippen LogP contribution in [0.3, 0.4) is 0 Å². The second kappa shape index (κ2) is 14.1. The molecular formula is C60H37NO2. The fraction of sp³-hybridized carbons (Fsp3) is 0. The molecule has 0 saturated carbocycles. The molecule has 0 amide bonds. The number of fused-ring (bicyclic) bond motifs is 11. The molecule has 294 valence electrons. The first-order valence-electron chi connectivity index (χ1n) is 21.5. The van der Waals surface area contributed by atoms with Crippen LogP contribution in [0.1, 0.15) is 0 Å². The first-order chi connectivity index (χ1) is 31.2. The van der Waals surface area contributed by atoms with Crippen LogP contribution in [0.15, 0.2) is 233 Å². The van der Waals surface area contributed by atoms with Gasteiger partial charge in [0.05, 0.1) is 0 Å². The zero-order valence-corrected chi connectivity index (χ0v) is 34.1. The molecule has 0 spiro atoms. The summed E-state index contributed by atoms with van der Waals surface area (Å²) in [6.07, 6.45) is 0. The van der Waals surface area contributed by atoms with Crippen molar-refractivity contribution in [2.75, 3.05) is 4.90 Å². The summed E-state index contributed by atoms with van der Waals surface area (Å²) in [5.74, 6) is 0. The first-order valence-corrected chi connectivity index (χ1v) is 21.5. The van der Waals surface area contributed by atoms with Gasteiger partial charge >= 0.3 is 0 Å². The quantitative estimate of drug-likeness (QED) is 0.168. The summed E-state index contributed by atoms with van der Waals surface area (Å²) in [6, 6.07) is 80.5. The Morgan fingerprint density at radius 3 is 1.27 bits per heavy atom. The monoisotopic (exact) mass is 803 g/mol. The molecule has 13 rings (SSSR count). The Balaban J connectivity index is 0.943. The molecule has 0 aliphatic carbocycles. The highest BCUT2D eigenvalue weighted by molar-refractivity contribution is 6.20. The van der Waals surface area contributed by atoms with Crippen LogP contribution in [-0.4, -0.2) is 0 Å². The molecule has 0 fully saturated rings. The van der Waals surface area contributed by atoms with E-state index in [0.717, 1.165) is 94.0 Å². The van der Waals surface area contributed by atoms with Gasteiger partial charge in [-0.1, -0.05) is 164 Å². The largest absolute Gasteiger partial charge is 0.455 e. The number of anilines is 3. The van der Waals surface area contributed by atoms with Crippen molar-refractivity contribution in [3.63, 3.8) is 0 Å². The van der Waals surface area contributed by atoms with Gasteiger partial charge in [-0.3, -0.25) is 0 Å². The molecule has 0 aliphatic rings. The lowest BCUT2D eigenvalue weighted by atomic mass is 9.96. The van der Waals surface area contributed by atoms with Gasteiger partial charge in [0.15, 0.2) is 0 Å². The van der Waals surface area contributed by atoms with Crippen molar-refractivity contribution in [3.05, 3.63) is 224 Å². The summed E-state index contributed by atoms with van der Waals surface area (Å²) in [5, 5.41) is 11.6. The van der Waals surface area contributed by atoms with Gasteiger partial charge in [-0.05, 0) is 116 Å². The molecule has 2 heterocycles. The number of hydrogen-bond acceptors (Lipinski definition) is 3. The van der Waals surface area contributed by atoms with E-state index in [1.54, 1.807) is 0 Å². The first kappa shape index (κ1) is 35.4. The fourth-order valence-corrected chi connectivity index (χ4v) is 9.91. The Labute approximate surface area is 363 Å². The molecule has 0 unspecified atom stereocenters. The van der Waals surface area contributed by atoms with Crippen molar-refractivity contribution in [3.8, 4) is 33.4 Å². The highest BCUT2D eigenvalue weighted by Crippen LogP contribution is 2.44. The van der Waals surface area contributed by atoms with Crippen LogP contribution >= 0.6 is 0 Å². The summed E-state index contributed by atoms with van der Waals surface area (Å²) in [7, 11) is 0. The van der Waals surface area contributed by atoms with Gasteiger partial charge in [-0.2, -0.15) is 0 Å². The normalized spacial score (nSPS) is 11.8. The number of hydrogen-bond donors (Lipinski definition) is 0. The lowest BCUT2D eigenvalue weighted by Gasteiger charge is -2.26. The maximum atomic E-state index is 6.57. The van der Waals surface area contributed by atoms with Crippen molar-refractivity contribution < 1.29 is 8.83 Å². The Morgan fingerprint density at radius 1 is 0.270 bits per heavy atom. The van der Waals surface area contributed by atoms with Crippen molar-refractivity contribution in [1.29, 1.82) is 0 Å². The van der Waals surface area contributed by atoms with E-state index >= 15 is 0 Å². The average Bonchev–Trinajstić information content (AvgIpc) is 3.94. The van der Waals surface area contributed by atoms with Crippen LogP contribution in [0.4, 0.5) is 17.1 Å². The van der Waals surface area contributed by atoms with E-state index in [2.05, 4.69) is 229 Å². The molecule has 2 aromatic heterocycles. The molecule has 13 aromatic rings. The van der Waals surface area contributed by atoms with E-state index in [1.807, 2.05) is 0 Å². The molecular weight excluding hydrogens is 767 g/mol. The Hall–Kier alpha value is -8.40. The van der Waals surface area contributed by atoms with Gasteiger partial charge < -0.3 is 13.7 Å². The van der Waals surface area contributed by atoms with Crippen LogP contribution in [0.25, 0.3) is 110 Å². The van der Waals surface area contributed by atoms with Gasteiger partial charge in [0, 0.05) is 49.4 Å².